The number of nitrogens with zero attached hydrogens (tertiary/aromatic N) is 2. The summed E-state index contributed by atoms with van der Waals surface area (Å²) in [4.78, 5) is 4.41. The highest BCUT2D eigenvalue weighted by atomic mass is 19.2. The van der Waals surface area contributed by atoms with Gasteiger partial charge in [0.05, 0.1) is 11.0 Å². The van der Waals surface area contributed by atoms with E-state index < -0.39 is 11.6 Å². The fourth-order valence-corrected chi connectivity index (χ4v) is 2.77. The third-order valence-corrected chi connectivity index (χ3v) is 4.11. The molecule has 0 aliphatic carbocycles. The molecule has 1 aromatic heterocycles. The van der Waals surface area contributed by atoms with E-state index in [4.69, 9.17) is 0 Å². The molecule has 2 nitrogen and oxygen atoms in total. The molecule has 4 rings (SSSR count). The van der Waals surface area contributed by atoms with Gasteiger partial charge in [-0.25, -0.2) is 13.8 Å². The van der Waals surface area contributed by atoms with E-state index in [-0.39, 0.29) is 0 Å². The van der Waals surface area contributed by atoms with Gasteiger partial charge in [0, 0.05) is 5.69 Å². The van der Waals surface area contributed by atoms with E-state index in [0.29, 0.717) is 5.56 Å². The highest BCUT2D eigenvalue weighted by molar-refractivity contribution is 5.83. The standard InChI is InChI=1S/C20H14F2N2/c1-13-2-6-16(7-3-13)24-12-23-19-9-5-15(11-20(19)24)14-4-8-17(21)18(22)10-14/h2-12H,1H3. The lowest BCUT2D eigenvalue weighted by Crippen LogP contribution is -1.92. The summed E-state index contributed by atoms with van der Waals surface area (Å²) in [7, 11) is 0. The van der Waals surface area contributed by atoms with Crippen LogP contribution in [0.1, 0.15) is 5.56 Å². The zero-order chi connectivity index (χ0) is 16.7. The second kappa shape index (κ2) is 5.57. The fraction of sp³-hybridized carbons (Fsp3) is 0.0500. The van der Waals surface area contributed by atoms with Crippen LogP contribution in [0.15, 0.2) is 67.0 Å². The smallest absolute Gasteiger partial charge is 0.159 e. The maximum Gasteiger partial charge on any atom is 0.159 e. The van der Waals surface area contributed by atoms with Gasteiger partial charge in [-0.3, -0.25) is 4.57 Å². The van der Waals surface area contributed by atoms with Gasteiger partial charge in [0.25, 0.3) is 0 Å². The summed E-state index contributed by atoms with van der Waals surface area (Å²) in [6.45, 7) is 2.04. The van der Waals surface area contributed by atoms with Crippen molar-refractivity contribution >= 4 is 11.0 Å². The minimum atomic E-state index is -0.848. The molecule has 0 amide bonds. The Morgan fingerprint density at radius 2 is 1.50 bits per heavy atom. The van der Waals surface area contributed by atoms with E-state index in [1.165, 1.54) is 11.6 Å². The Balaban J connectivity index is 1.86. The van der Waals surface area contributed by atoms with Crippen molar-refractivity contribution in [1.29, 1.82) is 0 Å². The fourth-order valence-electron chi connectivity index (χ4n) is 2.77. The number of fused-ring (bicyclic) bond motifs is 1. The van der Waals surface area contributed by atoms with Gasteiger partial charge in [-0.05, 0) is 54.4 Å². The highest BCUT2D eigenvalue weighted by Crippen LogP contribution is 2.27. The molecule has 0 atom stereocenters. The molecule has 0 radical (unpaired) electrons. The second-order valence-corrected chi connectivity index (χ2v) is 5.78. The summed E-state index contributed by atoms with van der Waals surface area (Å²) >= 11 is 0. The molecule has 4 aromatic rings. The largest absolute Gasteiger partial charge is 0.299 e. The van der Waals surface area contributed by atoms with E-state index >= 15 is 0 Å². The molecule has 0 unspecified atom stereocenters. The molecule has 0 fully saturated rings. The lowest BCUT2D eigenvalue weighted by molar-refractivity contribution is 0.509. The molecule has 118 valence electrons. The lowest BCUT2D eigenvalue weighted by Gasteiger charge is -2.07. The second-order valence-electron chi connectivity index (χ2n) is 5.78. The van der Waals surface area contributed by atoms with Crippen molar-refractivity contribution in [3.8, 4) is 16.8 Å². The Kier molecular flexibility index (Phi) is 3.38. The zero-order valence-electron chi connectivity index (χ0n) is 13.0. The van der Waals surface area contributed by atoms with Crippen LogP contribution in [0, 0.1) is 18.6 Å². The van der Waals surface area contributed by atoms with E-state index in [2.05, 4.69) is 4.98 Å². The SMILES string of the molecule is Cc1ccc(-n2cnc3ccc(-c4ccc(F)c(F)c4)cc32)cc1. The summed E-state index contributed by atoms with van der Waals surface area (Å²) in [6, 6.07) is 17.8. The molecule has 0 bridgehead atoms. The molecule has 24 heavy (non-hydrogen) atoms. The van der Waals surface area contributed by atoms with Crippen molar-refractivity contribution in [1.82, 2.24) is 9.55 Å². The number of hydrogen-bond acceptors (Lipinski definition) is 1. The number of halogens is 2. The molecule has 0 aliphatic heterocycles. The van der Waals surface area contributed by atoms with Crippen LogP contribution in [0.25, 0.3) is 27.8 Å². The van der Waals surface area contributed by atoms with Crippen LogP contribution >= 0.6 is 0 Å². The molecule has 0 spiro atoms. The first-order chi connectivity index (χ1) is 11.6. The van der Waals surface area contributed by atoms with Gasteiger partial charge in [-0.2, -0.15) is 0 Å². The molecule has 0 N–H and O–H groups in total. The molecule has 1 heterocycles. The topological polar surface area (TPSA) is 17.8 Å². The Morgan fingerprint density at radius 1 is 0.792 bits per heavy atom. The van der Waals surface area contributed by atoms with Crippen molar-refractivity contribution in [2.45, 2.75) is 6.92 Å². The van der Waals surface area contributed by atoms with Gasteiger partial charge < -0.3 is 0 Å². The minimum absolute atomic E-state index is 0.632. The Labute approximate surface area is 138 Å². The van der Waals surface area contributed by atoms with Crippen LogP contribution in [0.2, 0.25) is 0 Å². The van der Waals surface area contributed by atoms with Gasteiger partial charge in [0.2, 0.25) is 0 Å². The maximum absolute atomic E-state index is 13.5. The summed E-state index contributed by atoms with van der Waals surface area (Å²) in [5, 5.41) is 0. The number of imidazole rings is 1. The predicted molar refractivity (Wildman–Crippen MR) is 91.2 cm³/mol. The quantitative estimate of drug-likeness (QED) is 0.491. The maximum atomic E-state index is 13.5. The van der Waals surface area contributed by atoms with Crippen molar-refractivity contribution in [3.63, 3.8) is 0 Å². The number of rotatable bonds is 2. The van der Waals surface area contributed by atoms with Crippen molar-refractivity contribution in [3.05, 3.63) is 84.2 Å². The average molecular weight is 320 g/mol. The van der Waals surface area contributed by atoms with E-state index in [1.54, 1.807) is 12.4 Å². The van der Waals surface area contributed by atoms with Gasteiger partial charge >= 0.3 is 0 Å². The first-order valence-corrected chi connectivity index (χ1v) is 7.61. The third kappa shape index (κ3) is 2.46. The first kappa shape index (κ1) is 14.6. The molecule has 0 saturated heterocycles. The van der Waals surface area contributed by atoms with Gasteiger partial charge in [-0.15, -0.1) is 0 Å². The Bertz CT molecular complexity index is 1030. The highest BCUT2D eigenvalue weighted by Gasteiger charge is 2.09. The zero-order valence-corrected chi connectivity index (χ0v) is 13.0. The summed E-state index contributed by atoms with van der Waals surface area (Å²) in [5.74, 6) is -1.69. The van der Waals surface area contributed by atoms with Crippen molar-refractivity contribution in [2.24, 2.45) is 0 Å². The van der Waals surface area contributed by atoms with Gasteiger partial charge in [-0.1, -0.05) is 29.8 Å². The van der Waals surface area contributed by atoms with Gasteiger partial charge in [0.1, 0.15) is 6.33 Å². The van der Waals surface area contributed by atoms with Crippen LogP contribution in [-0.4, -0.2) is 9.55 Å². The van der Waals surface area contributed by atoms with Crippen LogP contribution in [0.4, 0.5) is 8.78 Å². The third-order valence-electron chi connectivity index (χ3n) is 4.11. The summed E-state index contributed by atoms with van der Waals surface area (Å²) < 4.78 is 28.6. The van der Waals surface area contributed by atoms with Crippen LogP contribution in [-0.2, 0) is 0 Å². The average Bonchev–Trinajstić information content (AvgIpc) is 3.01. The van der Waals surface area contributed by atoms with Crippen LogP contribution < -0.4 is 0 Å². The lowest BCUT2D eigenvalue weighted by atomic mass is 10.0. The molecule has 4 heteroatoms. The van der Waals surface area contributed by atoms with Crippen molar-refractivity contribution < 1.29 is 8.78 Å². The molecule has 0 aliphatic rings. The number of benzene rings is 3. The normalized spacial score (nSPS) is 11.1. The molecule has 3 aromatic carbocycles. The van der Waals surface area contributed by atoms with Gasteiger partial charge in [0.15, 0.2) is 11.6 Å². The molecular weight excluding hydrogens is 306 g/mol. The van der Waals surface area contributed by atoms with E-state index in [9.17, 15) is 8.78 Å². The number of aromatic nitrogens is 2. The minimum Gasteiger partial charge on any atom is -0.299 e. The van der Waals surface area contributed by atoms with Crippen molar-refractivity contribution in [2.75, 3.05) is 0 Å². The molecular formula is C20H14F2N2. The number of aryl methyl sites for hydroxylation is 1. The van der Waals surface area contributed by atoms with Crippen LogP contribution in [0.3, 0.4) is 0 Å². The monoisotopic (exact) mass is 320 g/mol. The first-order valence-electron chi connectivity index (χ1n) is 7.61. The summed E-state index contributed by atoms with van der Waals surface area (Å²) in [6.07, 6.45) is 1.77. The summed E-state index contributed by atoms with van der Waals surface area (Å²) in [5.41, 5.74) is 5.40. The molecule has 0 saturated carbocycles. The van der Waals surface area contributed by atoms with Crippen LogP contribution in [0.5, 0.6) is 0 Å². The number of hydrogen-bond donors (Lipinski definition) is 0. The Hall–Kier alpha value is -3.01. The predicted octanol–water partition coefficient (Wildman–Crippen LogP) is 5.28. The Morgan fingerprint density at radius 3 is 2.25 bits per heavy atom. The van der Waals surface area contributed by atoms with E-state index in [0.717, 1.165) is 28.4 Å². The van der Waals surface area contributed by atoms with E-state index in [1.807, 2.05) is 54.0 Å².